The minimum Gasteiger partial charge on any atom is -0.474 e. The van der Waals surface area contributed by atoms with Crippen LogP contribution in [0.2, 0.25) is 0 Å². The summed E-state index contributed by atoms with van der Waals surface area (Å²) < 4.78 is 0. The van der Waals surface area contributed by atoms with Crippen LogP contribution < -0.4 is 10.6 Å². The predicted octanol–water partition coefficient (Wildman–Crippen LogP) is -0.525. The van der Waals surface area contributed by atoms with E-state index in [0.717, 1.165) is 0 Å². The number of aliphatic hydroxyl groups is 2. The van der Waals surface area contributed by atoms with Crippen molar-refractivity contribution in [2.75, 3.05) is 23.8 Å². The standard InChI is InChI=1S/C11H14N2O5/c14-6-9(15)5-12-7-2-1-3-8(4-7)13-10(16)11(17)18/h1-4,9,12,14-15H,5-6H2,(H,13,16)(H,17,18). The highest BCUT2D eigenvalue weighted by Crippen LogP contribution is 2.14. The third kappa shape index (κ3) is 4.40. The fourth-order valence-corrected chi connectivity index (χ4v) is 1.19. The van der Waals surface area contributed by atoms with Gasteiger partial charge in [0.2, 0.25) is 0 Å². The Labute approximate surface area is 103 Å². The van der Waals surface area contributed by atoms with E-state index in [2.05, 4.69) is 10.6 Å². The van der Waals surface area contributed by atoms with Crippen molar-refractivity contribution in [3.05, 3.63) is 24.3 Å². The lowest BCUT2D eigenvalue weighted by molar-refractivity contribution is -0.147. The van der Waals surface area contributed by atoms with Gasteiger partial charge in [0.15, 0.2) is 0 Å². The van der Waals surface area contributed by atoms with Crippen LogP contribution in [0.4, 0.5) is 11.4 Å². The maximum atomic E-state index is 10.9. The van der Waals surface area contributed by atoms with E-state index in [1.807, 2.05) is 0 Å². The van der Waals surface area contributed by atoms with Gasteiger partial charge in [-0.25, -0.2) is 4.79 Å². The third-order valence-corrected chi connectivity index (χ3v) is 2.07. The van der Waals surface area contributed by atoms with Crippen LogP contribution >= 0.6 is 0 Å². The maximum Gasteiger partial charge on any atom is 0.394 e. The summed E-state index contributed by atoms with van der Waals surface area (Å²) >= 11 is 0. The van der Waals surface area contributed by atoms with Gasteiger partial charge in [0.25, 0.3) is 0 Å². The molecule has 0 aliphatic carbocycles. The third-order valence-electron chi connectivity index (χ3n) is 2.07. The number of carboxylic acid groups (broad SMARTS) is 1. The molecule has 0 aliphatic rings. The molecule has 1 amide bonds. The molecule has 0 fully saturated rings. The lowest BCUT2D eigenvalue weighted by atomic mass is 10.2. The van der Waals surface area contributed by atoms with Crippen LogP contribution in [-0.2, 0) is 9.59 Å². The number of aliphatic hydroxyl groups excluding tert-OH is 2. The van der Waals surface area contributed by atoms with Crippen molar-refractivity contribution in [1.82, 2.24) is 0 Å². The van der Waals surface area contributed by atoms with Gasteiger partial charge < -0.3 is 26.0 Å². The molecule has 1 aromatic rings. The van der Waals surface area contributed by atoms with Crippen LogP contribution in [0.25, 0.3) is 0 Å². The number of carboxylic acids is 1. The molecule has 1 aromatic carbocycles. The van der Waals surface area contributed by atoms with Gasteiger partial charge in [-0.1, -0.05) is 6.07 Å². The van der Waals surface area contributed by atoms with E-state index < -0.39 is 18.0 Å². The molecule has 0 bridgehead atoms. The monoisotopic (exact) mass is 254 g/mol. The topological polar surface area (TPSA) is 119 Å². The van der Waals surface area contributed by atoms with Crippen molar-refractivity contribution in [3.8, 4) is 0 Å². The maximum absolute atomic E-state index is 10.9. The summed E-state index contributed by atoms with van der Waals surface area (Å²) in [6, 6.07) is 6.35. The quantitative estimate of drug-likeness (QED) is 0.451. The average molecular weight is 254 g/mol. The van der Waals surface area contributed by atoms with Crippen LogP contribution in [0.15, 0.2) is 24.3 Å². The fraction of sp³-hybridized carbons (Fsp3) is 0.273. The molecule has 1 rings (SSSR count). The molecule has 0 saturated heterocycles. The van der Waals surface area contributed by atoms with Crippen molar-refractivity contribution in [1.29, 1.82) is 0 Å². The van der Waals surface area contributed by atoms with Crippen molar-refractivity contribution < 1.29 is 24.9 Å². The highest BCUT2D eigenvalue weighted by atomic mass is 16.4. The molecule has 7 heteroatoms. The molecule has 0 aromatic heterocycles. The lowest BCUT2D eigenvalue weighted by Crippen LogP contribution is -2.23. The summed E-state index contributed by atoms with van der Waals surface area (Å²) in [5.41, 5.74) is 0.913. The summed E-state index contributed by atoms with van der Waals surface area (Å²) in [5, 5.41) is 31.2. The molecule has 0 radical (unpaired) electrons. The van der Waals surface area contributed by atoms with Gasteiger partial charge in [-0.2, -0.15) is 0 Å². The van der Waals surface area contributed by atoms with Crippen LogP contribution in [0.1, 0.15) is 0 Å². The van der Waals surface area contributed by atoms with Crippen LogP contribution in [0.5, 0.6) is 0 Å². The zero-order valence-corrected chi connectivity index (χ0v) is 9.46. The van der Waals surface area contributed by atoms with Gasteiger partial charge in [-0.15, -0.1) is 0 Å². The number of hydrogen-bond donors (Lipinski definition) is 5. The largest absolute Gasteiger partial charge is 0.474 e. The van der Waals surface area contributed by atoms with Gasteiger partial charge in [0.1, 0.15) is 0 Å². The fourth-order valence-electron chi connectivity index (χ4n) is 1.19. The Morgan fingerprint density at radius 3 is 2.56 bits per heavy atom. The zero-order chi connectivity index (χ0) is 13.5. The summed E-state index contributed by atoms with van der Waals surface area (Å²) in [6.07, 6.45) is -0.887. The van der Waals surface area contributed by atoms with Crippen molar-refractivity contribution in [2.45, 2.75) is 6.10 Å². The second-order valence-electron chi connectivity index (χ2n) is 3.56. The minimum atomic E-state index is -1.57. The molecule has 0 spiro atoms. The van der Waals surface area contributed by atoms with E-state index in [0.29, 0.717) is 11.4 Å². The van der Waals surface area contributed by atoms with Crippen molar-refractivity contribution >= 4 is 23.3 Å². The first-order valence-corrected chi connectivity index (χ1v) is 5.20. The number of carbonyl (C=O) groups is 2. The minimum absolute atomic E-state index is 0.146. The Morgan fingerprint density at radius 2 is 1.94 bits per heavy atom. The van der Waals surface area contributed by atoms with E-state index in [-0.39, 0.29) is 13.2 Å². The van der Waals surface area contributed by atoms with E-state index >= 15 is 0 Å². The Hall–Kier alpha value is -2.12. The van der Waals surface area contributed by atoms with Gasteiger partial charge in [0.05, 0.1) is 12.7 Å². The van der Waals surface area contributed by atoms with Crippen molar-refractivity contribution in [2.24, 2.45) is 0 Å². The van der Waals surface area contributed by atoms with Crippen LogP contribution in [0.3, 0.4) is 0 Å². The molecule has 0 heterocycles. The number of hydrogen-bond acceptors (Lipinski definition) is 5. The first kappa shape index (κ1) is 13.9. The summed E-state index contributed by atoms with van der Waals surface area (Å²) in [5.74, 6) is -2.69. The second kappa shape index (κ2) is 6.58. The molecule has 5 N–H and O–H groups in total. The first-order chi connectivity index (χ1) is 8.52. The van der Waals surface area contributed by atoms with Gasteiger partial charge in [-0.3, -0.25) is 4.79 Å². The van der Waals surface area contributed by atoms with Gasteiger partial charge >= 0.3 is 11.9 Å². The molecule has 1 unspecified atom stereocenters. The lowest BCUT2D eigenvalue weighted by Gasteiger charge is -2.11. The number of rotatable bonds is 5. The molecular weight excluding hydrogens is 240 g/mol. The normalized spacial score (nSPS) is 11.7. The van der Waals surface area contributed by atoms with Crippen LogP contribution in [-0.4, -0.2) is 46.5 Å². The summed E-state index contributed by atoms with van der Waals surface area (Å²) in [4.78, 5) is 21.3. The van der Waals surface area contributed by atoms with E-state index in [4.69, 9.17) is 15.3 Å². The molecule has 7 nitrogen and oxygen atoms in total. The molecule has 0 aliphatic heterocycles. The number of benzene rings is 1. The molecule has 1 atom stereocenters. The van der Waals surface area contributed by atoms with E-state index in [1.54, 1.807) is 12.1 Å². The van der Waals surface area contributed by atoms with Gasteiger partial charge in [-0.05, 0) is 18.2 Å². The molecule has 98 valence electrons. The Kier molecular flexibility index (Phi) is 5.09. The highest BCUT2D eigenvalue weighted by Gasteiger charge is 2.11. The van der Waals surface area contributed by atoms with Crippen molar-refractivity contribution in [3.63, 3.8) is 0 Å². The average Bonchev–Trinajstić information content (AvgIpc) is 2.36. The number of amides is 1. The Bertz CT molecular complexity index is 435. The van der Waals surface area contributed by atoms with E-state index in [1.165, 1.54) is 12.1 Å². The number of aliphatic carboxylic acids is 1. The molecule has 0 saturated carbocycles. The summed E-state index contributed by atoms with van der Waals surface area (Å²) in [7, 11) is 0. The van der Waals surface area contributed by atoms with Crippen LogP contribution in [0, 0.1) is 0 Å². The number of anilines is 2. The highest BCUT2D eigenvalue weighted by molar-refractivity contribution is 6.36. The van der Waals surface area contributed by atoms with E-state index in [9.17, 15) is 9.59 Å². The SMILES string of the molecule is O=C(O)C(=O)Nc1cccc(NCC(O)CO)c1. The Balaban J connectivity index is 2.62. The number of nitrogens with one attached hydrogen (secondary N) is 2. The molecular formula is C11H14N2O5. The first-order valence-electron chi connectivity index (χ1n) is 5.20. The predicted molar refractivity (Wildman–Crippen MR) is 64.3 cm³/mol. The van der Waals surface area contributed by atoms with Gasteiger partial charge in [0, 0.05) is 17.9 Å². The molecule has 18 heavy (non-hydrogen) atoms. The number of carbonyl (C=O) groups excluding carboxylic acids is 1. The second-order valence-corrected chi connectivity index (χ2v) is 3.56. The smallest absolute Gasteiger partial charge is 0.394 e. The zero-order valence-electron chi connectivity index (χ0n) is 9.46. The Morgan fingerprint density at radius 1 is 1.28 bits per heavy atom. The summed E-state index contributed by atoms with van der Waals surface area (Å²) in [6.45, 7) is -0.213.